The molecule has 3 unspecified atom stereocenters. The third-order valence-corrected chi connectivity index (χ3v) is 5.32. The minimum Gasteiger partial charge on any atom is -0.378 e. The largest absolute Gasteiger partial charge is 0.378 e. The molecule has 2 aliphatic heterocycles. The van der Waals surface area contributed by atoms with Crippen LogP contribution >= 0.6 is 0 Å². The molecule has 2 rings (SSSR count). The van der Waals surface area contributed by atoms with E-state index in [-0.39, 0.29) is 42.0 Å². The molecule has 0 aliphatic carbocycles. The molecule has 1 amide bonds. The molecule has 0 spiro atoms. The summed E-state index contributed by atoms with van der Waals surface area (Å²) < 4.78 is 28.4. The molecule has 6 nitrogen and oxygen atoms in total. The van der Waals surface area contributed by atoms with Gasteiger partial charge in [0.15, 0.2) is 9.84 Å². The third-order valence-electron chi connectivity index (χ3n) is 3.58. The van der Waals surface area contributed by atoms with Crippen molar-refractivity contribution >= 4 is 15.7 Å². The van der Waals surface area contributed by atoms with Crippen LogP contribution in [0.1, 0.15) is 26.2 Å². The van der Waals surface area contributed by atoms with Crippen LogP contribution in [0.3, 0.4) is 0 Å². The summed E-state index contributed by atoms with van der Waals surface area (Å²) in [5.74, 6) is 0.154. The number of carbonyl (C=O) groups excluding carboxylic acids is 1. The second-order valence-corrected chi connectivity index (χ2v) is 7.67. The second-order valence-electron chi connectivity index (χ2n) is 5.44. The molecule has 2 N–H and O–H groups in total. The Kier molecular flexibility index (Phi) is 4.81. The summed E-state index contributed by atoms with van der Waals surface area (Å²) in [4.78, 5) is 11.9. The van der Waals surface area contributed by atoms with Gasteiger partial charge in [-0.25, -0.2) is 8.42 Å². The number of nitrogens with one attached hydrogen (secondary N) is 2. The fraction of sp³-hybridized carbons (Fsp3) is 0.917. The molecule has 0 aromatic carbocycles. The fourth-order valence-electron chi connectivity index (χ4n) is 2.64. The first-order valence-corrected chi connectivity index (χ1v) is 8.61. The van der Waals surface area contributed by atoms with Crippen molar-refractivity contribution in [3.05, 3.63) is 0 Å². The Morgan fingerprint density at radius 3 is 2.95 bits per heavy atom. The molecule has 0 saturated carbocycles. The smallest absolute Gasteiger partial charge is 0.221 e. The van der Waals surface area contributed by atoms with Crippen LogP contribution in [-0.2, 0) is 19.4 Å². The van der Waals surface area contributed by atoms with E-state index >= 15 is 0 Å². The molecule has 2 fully saturated rings. The van der Waals surface area contributed by atoms with E-state index in [1.54, 1.807) is 0 Å². The highest BCUT2D eigenvalue weighted by Crippen LogP contribution is 2.13. The average Bonchev–Trinajstić information content (AvgIpc) is 2.27. The lowest BCUT2D eigenvalue weighted by Crippen LogP contribution is -2.49. The molecule has 110 valence electrons. The number of amides is 1. The van der Waals surface area contributed by atoms with Gasteiger partial charge in [-0.15, -0.1) is 0 Å². The highest BCUT2D eigenvalue weighted by atomic mass is 32.2. The van der Waals surface area contributed by atoms with Gasteiger partial charge in [-0.1, -0.05) is 0 Å². The summed E-state index contributed by atoms with van der Waals surface area (Å²) >= 11 is 0. The molecular weight excluding hydrogens is 268 g/mol. The molecule has 3 atom stereocenters. The van der Waals surface area contributed by atoms with Gasteiger partial charge in [-0.2, -0.15) is 0 Å². The lowest BCUT2D eigenvalue weighted by Gasteiger charge is -2.29. The highest BCUT2D eigenvalue weighted by Gasteiger charge is 2.27. The molecule has 2 heterocycles. The summed E-state index contributed by atoms with van der Waals surface area (Å²) in [6.07, 6.45) is 2.05. The van der Waals surface area contributed by atoms with Crippen molar-refractivity contribution in [2.45, 2.75) is 44.4 Å². The zero-order valence-electron chi connectivity index (χ0n) is 11.2. The van der Waals surface area contributed by atoms with Gasteiger partial charge >= 0.3 is 0 Å². The summed E-state index contributed by atoms with van der Waals surface area (Å²) in [6, 6.07) is -0.104. The lowest BCUT2D eigenvalue weighted by atomic mass is 10.0. The molecule has 0 aromatic rings. The van der Waals surface area contributed by atoms with Crippen molar-refractivity contribution in [2.24, 2.45) is 0 Å². The highest BCUT2D eigenvalue weighted by molar-refractivity contribution is 7.91. The first-order valence-electron chi connectivity index (χ1n) is 6.79. The summed E-state index contributed by atoms with van der Waals surface area (Å²) in [5, 5.41) is 6.06. The Morgan fingerprint density at radius 2 is 2.26 bits per heavy atom. The van der Waals surface area contributed by atoms with Crippen molar-refractivity contribution in [3.63, 3.8) is 0 Å². The lowest BCUT2D eigenvalue weighted by molar-refractivity contribution is -0.123. The van der Waals surface area contributed by atoms with E-state index in [0.717, 1.165) is 12.8 Å². The monoisotopic (exact) mass is 290 g/mol. The molecule has 0 aromatic heterocycles. The number of hydrogen-bond acceptors (Lipinski definition) is 5. The number of hydrogen-bond donors (Lipinski definition) is 2. The zero-order valence-corrected chi connectivity index (χ0v) is 12.0. The third kappa shape index (κ3) is 4.74. The maximum atomic E-state index is 11.9. The van der Waals surface area contributed by atoms with Gasteiger partial charge in [0, 0.05) is 31.7 Å². The average molecular weight is 290 g/mol. The zero-order chi connectivity index (χ0) is 13.9. The number of ether oxygens (including phenoxy) is 1. The summed E-state index contributed by atoms with van der Waals surface area (Å²) in [5.41, 5.74) is 0. The van der Waals surface area contributed by atoms with Crippen molar-refractivity contribution in [3.8, 4) is 0 Å². The van der Waals surface area contributed by atoms with Gasteiger partial charge in [0.1, 0.15) is 0 Å². The first kappa shape index (κ1) is 14.7. The van der Waals surface area contributed by atoms with Gasteiger partial charge in [0.05, 0.1) is 17.6 Å². The molecule has 7 heteroatoms. The Morgan fingerprint density at radius 1 is 1.47 bits per heavy atom. The van der Waals surface area contributed by atoms with Crippen LogP contribution in [0.4, 0.5) is 0 Å². The van der Waals surface area contributed by atoms with Crippen molar-refractivity contribution in [1.29, 1.82) is 0 Å². The SMILES string of the molecule is CC1CC(NC(=O)CC2CS(=O)(=O)CCN2)CCO1. The predicted molar refractivity (Wildman–Crippen MR) is 71.6 cm³/mol. The van der Waals surface area contributed by atoms with E-state index in [1.165, 1.54) is 0 Å². The maximum absolute atomic E-state index is 11.9. The Bertz CT molecular complexity index is 423. The van der Waals surface area contributed by atoms with Gasteiger partial charge < -0.3 is 15.4 Å². The topological polar surface area (TPSA) is 84.5 Å². The van der Waals surface area contributed by atoms with Crippen LogP contribution in [0.5, 0.6) is 0 Å². The normalized spacial score (nSPS) is 34.7. The molecule has 2 aliphatic rings. The van der Waals surface area contributed by atoms with Crippen LogP contribution in [-0.4, -0.2) is 57.2 Å². The van der Waals surface area contributed by atoms with Gasteiger partial charge in [-0.3, -0.25) is 4.79 Å². The van der Waals surface area contributed by atoms with Crippen LogP contribution in [0.2, 0.25) is 0 Å². The number of sulfone groups is 1. The van der Waals surface area contributed by atoms with Crippen molar-refractivity contribution in [2.75, 3.05) is 24.7 Å². The van der Waals surface area contributed by atoms with Gasteiger partial charge in [0.2, 0.25) is 5.91 Å². The van der Waals surface area contributed by atoms with Crippen molar-refractivity contribution in [1.82, 2.24) is 10.6 Å². The standard InChI is InChI=1S/C12H22N2O4S/c1-9-6-10(2-4-18-9)14-12(15)7-11-8-19(16,17)5-3-13-11/h9-11,13H,2-8H2,1H3,(H,14,15). The van der Waals surface area contributed by atoms with E-state index in [0.29, 0.717) is 13.2 Å². The van der Waals surface area contributed by atoms with Crippen LogP contribution in [0, 0.1) is 0 Å². The van der Waals surface area contributed by atoms with E-state index in [4.69, 9.17) is 4.74 Å². The summed E-state index contributed by atoms with van der Waals surface area (Å²) in [7, 11) is -2.98. The van der Waals surface area contributed by atoms with E-state index in [2.05, 4.69) is 10.6 Å². The summed E-state index contributed by atoms with van der Waals surface area (Å²) in [6.45, 7) is 3.10. The Balaban J connectivity index is 1.77. The molecule has 19 heavy (non-hydrogen) atoms. The molecule has 0 bridgehead atoms. The Hall–Kier alpha value is -0.660. The van der Waals surface area contributed by atoms with Crippen LogP contribution < -0.4 is 10.6 Å². The molecule has 2 saturated heterocycles. The number of carbonyl (C=O) groups is 1. The van der Waals surface area contributed by atoms with Crippen LogP contribution in [0.25, 0.3) is 0 Å². The van der Waals surface area contributed by atoms with Crippen molar-refractivity contribution < 1.29 is 17.9 Å². The molecular formula is C12H22N2O4S. The van der Waals surface area contributed by atoms with Gasteiger partial charge in [-0.05, 0) is 19.8 Å². The second kappa shape index (κ2) is 6.19. The van der Waals surface area contributed by atoms with Crippen LogP contribution in [0.15, 0.2) is 0 Å². The minimum absolute atomic E-state index is 0.0601. The maximum Gasteiger partial charge on any atom is 0.221 e. The fourth-order valence-corrected chi connectivity index (χ4v) is 4.08. The van der Waals surface area contributed by atoms with Gasteiger partial charge in [0.25, 0.3) is 0 Å². The van der Waals surface area contributed by atoms with E-state index < -0.39 is 9.84 Å². The first-order chi connectivity index (χ1) is 8.94. The van der Waals surface area contributed by atoms with E-state index in [1.807, 2.05) is 6.92 Å². The van der Waals surface area contributed by atoms with E-state index in [9.17, 15) is 13.2 Å². The number of rotatable bonds is 3. The Labute approximate surface area is 114 Å². The molecule has 0 radical (unpaired) electrons. The quantitative estimate of drug-likeness (QED) is 0.728. The predicted octanol–water partition coefficient (Wildman–Crippen LogP) is -0.553. The minimum atomic E-state index is -2.98.